The van der Waals surface area contributed by atoms with Crippen molar-refractivity contribution >= 4 is 28.6 Å². The van der Waals surface area contributed by atoms with Crippen molar-refractivity contribution in [2.75, 3.05) is 13.7 Å². The molecule has 43 heavy (non-hydrogen) atoms. The summed E-state index contributed by atoms with van der Waals surface area (Å²) in [7, 11) is 1.30. The summed E-state index contributed by atoms with van der Waals surface area (Å²) >= 11 is 5.82. The quantitative estimate of drug-likeness (QED) is 0.169. The third-order valence-electron chi connectivity index (χ3n) is 7.35. The molecule has 0 unspecified atom stereocenters. The molecule has 0 radical (unpaired) electrons. The fourth-order valence-corrected chi connectivity index (χ4v) is 5.14. The second kappa shape index (κ2) is 12.1. The van der Waals surface area contributed by atoms with Gasteiger partial charge in [0.05, 0.1) is 36.4 Å². The Bertz CT molecular complexity index is 1840. The Labute approximate surface area is 249 Å². The van der Waals surface area contributed by atoms with Gasteiger partial charge in [-0.1, -0.05) is 17.7 Å². The first-order valence-corrected chi connectivity index (χ1v) is 13.9. The summed E-state index contributed by atoms with van der Waals surface area (Å²) in [6, 6.07) is 14.5. The number of nitrogens with zero attached hydrogens (tertiary/aromatic N) is 3. The maximum Gasteiger partial charge on any atom is 0.337 e. The van der Waals surface area contributed by atoms with Gasteiger partial charge in [0.1, 0.15) is 29.9 Å². The number of ether oxygens (including phenoxy) is 3. The maximum atomic E-state index is 15.6. The number of pyridine rings is 1. The SMILES string of the molecule is COC(=O)c1ccc2nc(Cc3cc(F)c(-c4cccnc4OCc4ccc(Cl)cc4F)cc3F)n(C[C@@H]3CCO3)c2c1. The molecule has 0 saturated carbocycles. The lowest BCUT2D eigenvalue weighted by atomic mass is 10.0. The predicted molar refractivity (Wildman–Crippen MR) is 154 cm³/mol. The van der Waals surface area contributed by atoms with Crippen LogP contribution in [0.5, 0.6) is 5.88 Å². The Hall–Kier alpha value is -4.41. The van der Waals surface area contributed by atoms with Crippen LogP contribution in [0.3, 0.4) is 0 Å². The van der Waals surface area contributed by atoms with E-state index in [2.05, 4.69) is 9.97 Å². The number of aromatic nitrogens is 3. The zero-order valence-corrected chi connectivity index (χ0v) is 23.7. The van der Waals surface area contributed by atoms with Crippen molar-refractivity contribution in [3.8, 4) is 17.0 Å². The van der Waals surface area contributed by atoms with Crippen molar-refractivity contribution in [3.05, 3.63) is 112 Å². The monoisotopic (exact) mass is 607 g/mol. The molecule has 220 valence electrons. The fourth-order valence-electron chi connectivity index (χ4n) is 4.98. The van der Waals surface area contributed by atoms with E-state index in [0.717, 1.165) is 18.6 Å². The van der Waals surface area contributed by atoms with Crippen molar-refractivity contribution in [2.24, 2.45) is 0 Å². The van der Waals surface area contributed by atoms with E-state index in [1.807, 2.05) is 4.57 Å². The summed E-state index contributed by atoms with van der Waals surface area (Å²) in [6.07, 6.45) is 2.24. The largest absolute Gasteiger partial charge is 0.472 e. The van der Waals surface area contributed by atoms with E-state index in [-0.39, 0.29) is 52.3 Å². The molecule has 5 aromatic rings. The highest BCUT2D eigenvalue weighted by molar-refractivity contribution is 6.30. The highest BCUT2D eigenvalue weighted by Crippen LogP contribution is 2.33. The van der Waals surface area contributed by atoms with Crippen LogP contribution >= 0.6 is 11.6 Å². The van der Waals surface area contributed by atoms with Crippen LogP contribution < -0.4 is 4.74 Å². The zero-order valence-electron chi connectivity index (χ0n) is 23.0. The number of benzene rings is 3. The van der Waals surface area contributed by atoms with E-state index in [1.54, 1.807) is 30.3 Å². The van der Waals surface area contributed by atoms with Crippen molar-refractivity contribution in [1.29, 1.82) is 0 Å². The van der Waals surface area contributed by atoms with Crippen LogP contribution in [0.25, 0.3) is 22.2 Å². The van der Waals surface area contributed by atoms with Crippen LogP contribution in [0.4, 0.5) is 13.2 Å². The summed E-state index contributed by atoms with van der Waals surface area (Å²) in [5.74, 6) is -1.87. The van der Waals surface area contributed by atoms with Crippen LogP contribution in [0.2, 0.25) is 5.02 Å². The average molecular weight is 608 g/mol. The number of methoxy groups -OCH3 is 1. The molecule has 0 bridgehead atoms. The highest BCUT2D eigenvalue weighted by atomic mass is 35.5. The number of carbonyl (C=O) groups is 1. The smallest absolute Gasteiger partial charge is 0.337 e. The molecule has 11 heteroatoms. The number of fused-ring (bicyclic) bond motifs is 1. The first-order chi connectivity index (χ1) is 20.8. The normalized spacial score (nSPS) is 14.5. The number of hydrogen-bond acceptors (Lipinski definition) is 6. The third kappa shape index (κ3) is 5.93. The number of halogens is 4. The van der Waals surface area contributed by atoms with E-state index >= 15 is 8.78 Å². The Balaban J connectivity index is 1.31. The Morgan fingerprint density at radius 1 is 1.02 bits per heavy atom. The van der Waals surface area contributed by atoms with Gasteiger partial charge in [-0.3, -0.25) is 0 Å². The molecule has 1 atom stereocenters. The first-order valence-electron chi connectivity index (χ1n) is 13.5. The molecule has 1 aliphatic heterocycles. The summed E-state index contributed by atoms with van der Waals surface area (Å²) in [6.45, 7) is 0.910. The van der Waals surface area contributed by atoms with Crippen LogP contribution in [0.15, 0.2) is 66.9 Å². The molecule has 3 aromatic carbocycles. The molecule has 2 aromatic heterocycles. The number of imidazole rings is 1. The van der Waals surface area contributed by atoms with E-state index in [4.69, 9.17) is 25.8 Å². The number of esters is 1. The number of hydrogen-bond donors (Lipinski definition) is 0. The molecular formula is C32H25ClF3N3O4. The van der Waals surface area contributed by atoms with Crippen LogP contribution in [-0.2, 0) is 29.0 Å². The molecule has 1 saturated heterocycles. The molecule has 3 heterocycles. The topological polar surface area (TPSA) is 75.5 Å². The van der Waals surface area contributed by atoms with Gasteiger partial charge in [-0.15, -0.1) is 0 Å². The lowest BCUT2D eigenvalue weighted by molar-refractivity contribution is -0.0589. The van der Waals surface area contributed by atoms with Crippen molar-refractivity contribution in [1.82, 2.24) is 14.5 Å². The van der Waals surface area contributed by atoms with Crippen molar-refractivity contribution < 1.29 is 32.2 Å². The minimum absolute atomic E-state index is 0.00969. The van der Waals surface area contributed by atoms with E-state index in [9.17, 15) is 9.18 Å². The van der Waals surface area contributed by atoms with Gasteiger partial charge in [0.2, 0.25) is 5.88 Å². The van der Waals surface area contributed by atoms with Crippen molar-refractivity contribution in [2.45, 2.75) is 32.1 Å². The molecule has 7 nitrogen and oxygen atoms in total. The molecular weight excluding hydrogens is 583 g/mol. The number of rotatable bonds is 9. The van der Waals surface area contributed by atoms with Crippen molar-refractivity contribution in [3.63, 3.8) is 0 Å². The van der Waals surface area contributed by atoms with Gasteiger partial charge in [-0.2, -0.15) is 0 Å². The van der Waals surface area contributed by atoms with Gasteiger partial charge in [0.15, 0.2) is 0 Å². The van der Waals surface area contributed by atoms with E-state index in [0.29, 0.717) is 35.6 Å². The first kappa shape index (κ1) is 28.7. The molecule has 1 fully saturated rings. The molecule has 0 spiro atoms. The maximum absolute atomic E-state index is 15.6. The van der Waals surface area contributed by atoms with Gasteiger partial charge in [0.25, 0.3) is 0 Å². The highest BCUT2D eigenvalue weighted by Gasteiger charge is 2.24. The van der Waals surface area contributed by atoms with Gasteiger partial charge >= 0.3 is 5.97 Å². The lowest BCUT2D eigenvalue weighted by Gasteiger charge is -2.27. The summed E-state index contributed by atoms with van der Waals surface area (Å²) < 4.78 is 63.5. The molecule has 0 aliphatic carbocycles. The summed E-state index contributed by atoms with van der Waals surface area (Å²) in [5.41, 5.74) is 2.11. The predicted octanol–water partition coefficient (Wildman–Crippen LogP) is 6.91. The van der Waals surface area contributed by atoms with Crippen LogP contribution in [0, 0.1) is 17.5 Å². The Kier molecular flexibility index (Phi) is 8.05. The van der Waals surface area contributed by atoms with Crippen LogP contribution in [-0.4, -0.2) is 40.3 Å². The van der Waals surface area contributed by atoms with Gasteiger partial charge in [-0.25, -0.2) is 27.9 Å². The Morgan fingerprint density at radius 3 is 2.58 bits per heavy atom. The standard InChI is InChI=1S/C32H25ClF3N3O4/c1-41-32(40)18-5-7-28-29(12-18)39(16-22-8-10-42-22)30(38-28)13-20-11-27(36)24(15-26(20)35)23-3-2-9-37-31(23)43-17-19-4-6-21(33)14-25(19)34/h2-7,9,11-12,14-15,22H,8,10,13,16-17H2,1H3/t22-/m0/s1. The van der Waals surface area contributed by atoms with E-state index < -0.39 is 23.4 Å². The lowest BCUT2D eigenvalue weighted by Crippen LogP contribution is -2.31. The number of carbonyl (C=O) groups excluding carboxylic acids is 1. The van der Waals surface area contributed by atoms with Gasteiger partial charge < -0.3 is 18.8 Å². The third-order valence-corrected chi connectivity index (χ3v) is 7.59. The molecule has 6 rings (SSSR count). The molecule has 0 amide bonds. The molecule has 1 aliphatic rings. The summed E-state index contributed by atoms with van der Waals surface area (Å²) in [4.78, 5) is 21.0. The molecule has 0 N–H and O–H groups in total. The second-order valence-corrected chi connectivity index (χ2v) is 10.5. The van der Waals surface area contributed by atoms with Gasteiger partial charge in [0, 0.05) is 40.9 Å². The minimum atomic E-state index is -0.690. The second-order valence-electron chi connectivity index (χ2n) is 10.1. The zero-order chi connectivity index (χ0) is 30.1. The summed E-state index contributed by atoms with van der Waals surface area (Å²) in [5, 5.41) is 0.246. The Morgan fingerprint density at radius 2 is 1.84 bits per heavy atom. The minimum Gasteiger partial charge on any atom is -0.472 e. The van der Waals surface area contributed by atoms with E-state index in [1.165, 1.54) is 31.5 Å². The van der Waals surface area contributed by atoms with Crippen LogP contribution in [0.1, 0.15) is 33.7 Å². The average Bonchev–Trinajstić information content (AvgIpc) is 3.31. The fraction of sp³-hybridized carbons (Fsp3) is 0.219. The van der Waals surface area contributed by atoms with Gasteiger partial charge in [-0.05, 0) is 66.6 Å².